The highest BCUT2D eigenvalue weighted by atomic mass is 16.5. The summed E-state index contributed by atoms with van der Waals surface area (Å²) in [7, 11) is 0. The summed E-state index contributed by atoms with van der Waals surface area (Å²) >= 11 is 0. The fourth-order valence-electron chi connectivity index (χ4n) is 2.83. The van der Waals surface area contributed by atoms with E-state index < -0.39 is 18.0 Å². The van der Waals surface area contributed by atoms with Crippen molar-refractivity contribution in [1.82, 2.24) is 5.32 Å². The standard InChI is InChI=1S/C20H39NO4/c1-5-9-11-16(7-3)14-21-18(20(23)24)13-19(22)25-15-17(8-4)12-10-6-2/h16-18,21H,5-15H2,1-4H3,(H,23,24). The van der Waals surface area contributed by atoms with Crippen LogP contribution in [0.3, 0.4) is 0 Å². The van der Waals surface area contributed by atoms with Crippen molar-refractivity contribution in [2.24, 2.45) is 11.8 Å². The number of carbonyl (C=O) groups is 2. The summed E-state index contributed by atoms with van der Waals surface area (Å²) in [5, 5.41) is 12.4. The van der Waals surface area contributed by atoms with Gasteiger partial charge in [-0.2, -0.15) is 0 Å². The van der Waals surface area contributed by atoms with Crippen LogP contribution in [-0.4, -0.2) is 36.2 Å². The SMILES string of the molecule is CCCCC(CC)CNC(CC(=O)OCC(CC)CCCC)C(=O)O. The van der Waals surface area contributed by atoms with Gasteiger partial charge in [0.05, 0.1) is 13.0 Å². The fourth-order valence-corrected chi connectivity index (χ4v) is 2.83. The van der Waals surface area contributed by atoms with Gasteiger partial charge in [-0.1, -0.05) is 66.2 Å². The number of unbranched alkanes of at least 4 members (excludes halogenated alkanes) is 2. The lowest BCUT2D eigenvalue weighted by atomic mass is 9.99. The van der Waals surface area contributed by atoms with Crippen molar-refractivity contribution in [1.29, 1.82) is 0 Å². The Morgan fingerprint density at radius 2 is 1.52 bits per heavy atom. The second-order valence-corrected chi connectivity index (χ2v) is 7.02. The topological polar surface area (TPSA) is 75.6 Å². The summed E-state index contributed by atoms with van der Waals surface area (Å²) in [4.78, 5) is 23.4. The molecular formula is C20H39NO4. The van der Waals surface area contributed by atoms with E-state index >= 15 is 0 Å². The number of aliphatic carboxylic acids is 1. The Balaban J connectivity index is 4.31. The second kappa shape index (κ2) is 15.2. The van der Waals surface area contributed by atoms with Crippen molar-refractivity contribution < 1.29 is 19.4 Å². The predicted octanol–water partition coefficient (Wildman–Crippen LogP) is 4.40. The maximum absolute atomic E-state index is 12.0. The minimum absolute atomic E-state index is 0.107. The van der Waals surface area contributed by atoms with Gasteiger partial charge in [0.15, 0.2) is 0 Å². The van der Waals surface area contributed by atoms with Crippen molar-refractivity contribution in [3.05, 3.63) is 0 Å². The highest BCUT2D eigenvalue weighted by molar-refractivity contribution is 5.81. The van der Waals surface area contributed by atoms with Gasteiger partial charge in [0.2, 0.25) is 0 Å². The van der Waals surface area contributed by atoms with Gasteiger partial charge in [-0.25, -0.2) is 0 Å². The molecular weight excluding hydrogens is 318 g/mol. The Kier molecular flexibility index (Phi) is 14.5. The molecule has 0 aliphatic rings. The Hall–Kier alpha value is -1.10. The van der Waals surface area contributed by atoms with Crippen molar-refractivity contribution in [3.8, 4) is 0 Å². The summed E-state index contributed by atoms with van der Waals surface area (Å²) in [6.07, 6.45) is 8.57. The number of esters is 1. The van der Waals surface area contributed by atoms with Crippen LogP contribution in [0.25, 0.3) is 0 Å². The van der Waals surface area contributed by atoms with Crippen molar-refractivity contribution >= 4 is 11.9 Å². The van der Waals surface area contributed by atoms with E-state index in [0.29, 0.717) is 25.0 Å². The van der Waals surface area contributed by atoms with Gasteiger partial charge in [-0.15, -0.1) is 0 Å². The third-order valence-corrected chi connectivity index (χ3v) is 4.89. The molecule has 5 heteroatoms. The van der Waals surface area contributed by atoms with E-state index in [9.17, 15) is 14.7 Å². The lowest BCUT2D eigenvalue weighted by Gasteiger charge is -2.20. The van der Waals surface area contributed by atoms with Crippen molar-refractivity contribution in [3.63, 3.8) is 0 Å². The average molecular weight is 358 g/mol. The number of hydrogen-bond donors (Lipinski definition) is 2. The second-order valence-electron chi connectivity index (χ2n) is 7.02. The Labute approximate surface area is 153 Å². The molecule has 0 aromatic carbocycles. The molecule has 0 saturated heterocycles. The number of hydrogen-bond acceptors (Lipinski definition) is 4. The molecule has 5 nitrogen and oxygen atoms in total. The minimum Gasteiger partial charge on any atom is -0.480 e. The number of carboxylic acid groups (broad SMARTS) is 1. The third kappa shape index (κ3) is 12.0. The number of ether oxygens (including phenoxy) is 1. The average Bonchev–Trinajstić information content (AvgIpc) is 2.60. The van der Waals surface area contributed by atoms with Crippen molar-refractivity contribution in [2.45, 2.75) is 91.5 Å². The first-order chi connectivity index (χ1) is 12.0. The largest absolute Gasteiger partial charge is 0.480 e. The summed E-state index contributed by atoms with van der Waals surface area (Å²) < 4.78 is 5.33. The zero-order valence-corrected chi connectivity index (χ0v) is 16.7. The monoisotopic (exact) mass is 357 g/mol. The van der Waals surface area contributed by atoms with Gasteiger partial charge in [0.1, 0.15) is 6.04 Å². The summed E-state index contributed by atoms with van der Waals surface area (Å²) in [6.45, 7) is 9.54. The molecule has 3 unspecified atom stereocenters. The van der Waals surface area contributed by atoms with Crippen LogP contribution in [0.2, 0.25) is 0 Å². The molecule has 0 saturated carbocycles. The molecule has 0 fully saturated rings. The quantitative estimate of drug-likeness (QED) is 0.401. The zero-order valence-electron chi connectivity index (χ0n) is 16.7. The molecule has 3 atom stereocenters. The van der Waals surface area contributed by atoms with Crippen molar-refractivity contribution in [2.75, 3.05) is 13.2 Å². The van der Waals surface area contributed by atoms with Crippen LogP contribution in [0.5, 0.6) is 0 Å². The molecule has 0 rings (SSSR count). The minimum atomic E-state index is -0.986. The molecule has 0 heterocycles. The fraction of sp³-hybridized carbons (Fsp3) is 0.900. The smallest absolute Gasteiger partial charge is 0.321 e. The lowest BCUT2D eigenvalue weighted by Crippen LogP contribution is -2.41. The zero-order chi connectivity index (χ0) is 19.1. The number of carboxylic acids is 1. The Bertz CT molecular complexity index is 360. The van der Waals surface area contributed by atoms with E-state index in [1.165, 1.54) is 0 Å². The molecule has 0 aromatic rings. The highest BCUT2D eigenvalue weighted by Crippen LogP contribution is 2.14. The molecule has 148 valence electrons. The van der Waals surface area contributed by atoms with Gasteiger partial charge >= 0.3 is 11.9 Å². The van der Waals surface area contributed by atoms with E-state index in [0.717, 1.165) is 51.4 Å². The summed E-state index contributed by atoms with van der Waals surface area (Å²) in [6, 6.07) is -0.862. The van der Waals surface area contributed by atoms with Crippen LogP contribution in [0, 0.1) is 11.8 Å². The van der Waals surface area contributed by atoms with Crippen LogP contribution >= 0.6 is 0 Å². The predicted molar refractivity (Wildman–Crippen MR) is 102 cm³/mol. The van der Waals surface area contributed by atoms with E-state index in [4.69, 9.17) is 4.74 Å². The van der Waals surface area contributed by atoms with Gasteiger partial charge in [-0.3, -0.25) is 9.59 Å². The molecule has 2 N–H and O–H groups in total. The van der Waals surface area contributed by atoms with E-state index in [-0.39, 0.29) is 6.42 Å². The highest BCUT2D eigenvalue weighted by Gasteiger charge is 2.23. The van der Waals surface area contributed by atoms with Gasteiger partial charge in [0, 0.05) is 0 Å². The molecule has 0 radical (unpaired) electrons. The molecule has 0 aliphatic heterocycles. The molecule has 0 spiro atoms. The third-order valence-electron chi connectivity index (χ3n) is 4.89. The Morgan fingerprint density at radius 1 is 0.960 bits per heavy atom. The van der Waals surface area contributed by atoms with Gasteiger partial charge < -0.3 is 15.2 Å². The first-order valence-corrected chi connectivity index (χ1v) is 10.1. The molecule has 0 aromatic heterocycles. The van der Waals surface area contributed by atoms with Crippen LogP contribution in [-0.2, 0) is 14.3 Å². The number of carbonyl (C=O) groups excluding carboxylic acids is 1. The maximum atomic E-state index is 12.0. The number of rotatable bonds is 16. The van der Waals surface area contributed by atoms with E-state index in [1.54, 1.807) is 0 Å². The maximum Gasteiger partial charge on any atom is 0.321 e. The Morgan fingerprint density at radius 3 is 2.00 bits per heavy atom. The lowest BCUT2D eigenvalue weighted by molar-refractivity contribution is -0.150. The summed E-state index contributed by atoms with van der Waals surface area (Å²) in [5.41, 5.74) is 0. The normalized spacial score (nSPS) is 14.7. The molecule has 0 amide bonds. The number of nitrogens with one attached hydrogen (secondary N) is 1. The molecule has 0 aliphatic carbocycles. The first-order valence-electron chi connectivity index (χ1n) is 10.1. The molecule has 25 heavy (non-hydrogen) atoms. The van der Waals surface area contributed by atoms with Crippen LogP contribution in [0.15, 0.2) is 0 Å². The van der Waals surface area contributed by atoms with E-state index in [2.05, 4.69) is 33.0 Å². The first kappa shape index (κ1) is 23.9. The van der Waals surface area contributed by atoms with Gasteiger partial charge in [0.25, 0.3) is 0 Å². The van der Waals surface area contributed by atoms with Crippen LogP contribution < -0.4 is 5.32 Å². The molecule has 0 bridgehead atoms. The van der Waals surface area contributed by atoms with Crippen LogP contribution in [0.4, 0.5) is 0 Å². The van der Waals surface area contributed by atoms with E-state index in [1.807, 2.05) is 0 Å². The van der Waals surface area contributed by atoms with Gasteiger partial charge in [-0.05, 0) is 31.2 Å². The summed E-state index contributed by atoms with van der Waals surface area (Å²) in [5.74, 6) is -0.577. The van der Waals surface area contributed by atoms with Crippen LogP contribution in [0.1, 0.15) is 85.5 Å².